The molecule has 0 bridgehead atoms. The molecule has 6 heteroatoms. The highest BCUT2D eigenvalue weighted by atomic mass is 16.1. The molecule has 1 aliphatic carbocycles. The van der Waals surface area contributed by atoms with Crippen LogP contribution in [0.4, 0.5) is 0 Å². The van der Waals surface area contributed by atoms with Crippen molar-refractivity contribution in [2.24, 2.45) is 10.8 Å². The minimum Gasteiger partial charge on any atom is -0.354 e. The molecular weight excluding hydrogens is 230 g/mol. The van der Waals surface area contributed by atoms with E-state index in [0.717, 1.165) is 12.8 Å². The Morgan fingerprint density at radius 1 is 1.39 bits per heavy atom. The Hall–Kier alpha value is -1.30. The molecule has 0 heterocycles. The average molecular weight is 255 g/mol. The summed E-state index contributed by atoms with van der Waals surface area (Å²) >= 11 is 0. The fourth-order valence-electron chi connectivity index (χ4n) is 2.06. The summed E-state index contributed by atoms with van der Waals surface area (Å²) in [5.41, 5.74) is 2.55. The van der Waals surface area contributed by atoms with Gasteiger partial charge in [0, 0.05) is 18.5 Å². The van der Waals surface area contributed by atoms with E-state index in [0.29, 0.717) is 25.0 Å². The molecule has 0 spiro atoms. The number of nitrogens with zero attached hydrogens (tertiary/aromatic N) is 1. The number of amides is 1. The Bertz CT molecular complexity index is 284. The van der Waals surface area contributed by atoms with E-state index in [2.05, 4.69) is 21.1 Å². The molecule has 1 amide bonds. The zero-order valence-electron chi connectivity index (χ0n) is 11.3. The van der Waals surface area contributed by atoms with Crippen molar-refractivity contribution in [3.05, 3.63) is 0 Å². The fraction of sp³-hybridized carbons (Fsp3) is 0.833. The summed E-state index contributed by atoms with van der Waals surface area (Å²) in [5, 5.41) is 6.09. The predicted molar refractivity (Wildman–Crippen MR) is 72.9 cm³/mol. The normalized spacial score (nSPS) is 17.0. The molecule has 5 N–H and O–H groups in total. The van der Waals surface area contributed by atoms with Crippen LogP contribution in [0, 0.1) is 0 Å². The second kappa shape index (κ2) is 7.92. The first kappa shape index (κ1) is 14.8. The minimum atomic E-state index is 0.0194. The Kier molecular flexibility index (Phi) is 6.49. The van der Waals surface area contributed by atoms with Crippen molar-refractivity contribution in [3.63, 3.8) is 0 Å². The van der Waals surface area contributed by atoms with Crippen LogP contribution >= 0.6 is 0 Å². The number of carbonyl (C=O) groups excluding carboxylic acids is 1. The van der Waals surface area contributed by atoms with Gasteiger partial charge < -0.3 is 10.6 Å². The molecule has 0 atom stereocenters. The van der Waals surface area contributed by atoms with Gasteiger partial charge in [0.15, 0.2) is 0 Å². The van der Waals surface area contributed by atoms with Crippen molar-refractivity contribution >= 4 is 11.9 Å². The number of aliphatic imine (C=N–C) groups is 1. The van der Waals surface area contributed by atoms with Gasteiger partial charge in [-0.3, -0.25) is 15.2 Å². The Morgan fingerprint density at radius 2 is 2.06 bits per heavy atom. The van der Waals surface area contributed by atoms with Crippen LogP contribution in [0.3, 0.4) is 0 Å². The third-order valence-electron chi connectivity index (χ3n) is 2.89. The van der Waals surface area contributed by atoms with Crippen molar-refractivity contribution < 1.29 is 4.79 Å². The van der Waals surface area contributed by atoms with Crippen LogP contribution in [0.15, 0.2) is 4.99 Å². The van der Waals surface area contributed by atoms with Crippen LogP contribution in [0.2, 0.25) is 0 Å². The van der Waals surface area contributed by atoms with Crippen LogP contribution in [0.25, 0.3) is 0 Å². The van der Waals surface area contributed by atoms with E-state index >= 15 is 0 Å². The van der Waals surface area contributed by atoms with Crippen LogP contribution in [-0.4, -0.2) is 30.5 Å². The first-order valence-corrected chi connectivity index (χ1v) is 6.68. The predicted octanol–water partition coefficient (Wildman–Crippen LogP) is 0.253. The molecule has 0 aromatic rings. The van der Waals surface area contributed by atoms with E-state index in [1.54, 1.807) is 0 Å². The van der Waals surface area contributed by atoms with Crippen LogP contribution < -0.4 is 21.9 Å². The van der Waals surface area contributed by atoms with Crippen molar-refractivity contribution in [2.45, 2.75) is 58.0 Å². The molecule has 0 aromatic carbocycles. The fourth-order valence-corrected chi connectivity index (χ4v) is 2.06. The standard InChI is InChI=1S/C12H25N5O/c1-9(2)15-11(18)7-8-14-12(17-13)16-10-5-3-4-6-10/h9-10H,3-8,13H2,1-2H3,(H,15,18)(H2,14,16,17). The summed E-state index contributed by atoms with van der Waals surface area (Å²) < 4.78 is 0. The van der Waals surface area contributed by atoms with Crippen LogP contribution in [0.1, 0.15) is 46.0 Å². The van der Waals surface area contributed by atoms with Gasteiger partial charge in [-0.1, -0.05) is 12.8 Å². The molecule has 1 rings (SSSR count). The van der Waals surface area contributed by atoms with Gasteiger partial charge in [-0.25, -0.2) is 5.84 Å². The number of hydrazine groups is 1. The van der Waals surface area contributed by atoms with Gasteiger partial charge in [0.25, 0.3) is 0 Å². The number of hydrogen-bond donors (Lipinski definition) is 4. The van der Waals surface area contributed by atoms with Crippen molar-refractivity contribution in [1.29, 1.82) is 0 Å². The third kappa shape index (κ3) is 5.86. The van der Waals surface area contributed by atoms with Crippen molar-refractivity contribution in [2.75, 3.05) is 6.54 Å². The monoisotopic (exact) mass is 255 g/mol. The first-order chi connectivity index (χ1) is 8.61. The summed E-state index contributed by atoms with van der Waals surface area (Å²) in [6, 6.07) is 0.634. The quantitative estimate of drug-likeness (QED) is 0.245. The third-order valence-corrected chi connectivity index (χ3v) is 2.89. The Morgan fingerprint density at radius 3 is 2.61 bits per heavy atom. The van der Waals surface area contributed by atoms with Crippen LogP contribution in [0.5, 0.6) is 0 Å². The van der Waals surface area contributed by atoms with Gasteiger partial charge in [0.1, 0.15) is 0 Å². The molecule has 0 unspecified atom stereocenters. The number of guanidine groups is 1. The summed E-state index contributed by atoms with van der Waals surface area (Å²) in [6.45, 7) is 4.32. The number of nitrogens with two attached hydrogens (primary N) is 1. The molecule has 1 aliphatic rings. The smallest absolute Gasteiger partial charge is 0.222 e. The molecule has 6 nitrogen and oxygen atoms in total. The van der Waals surface area contributed by atoms with E-state index in [1.165, 1.54) is 12.8 Å². The van der Waals surface area contributed by atoms with Gasteiger partial charge in [-0.15, -0.1) is 0 Å². The van der Waals surface area contributed by atoms with E-state index in [4.69, 9.17) is 5.84 Å². The maximum atomic E-state index is 11.4. The lowest BCUT2D eigenvalue weighted by atomic mass is 10.2. The maximum Gasteiger partial charge on any atom is 0.222 e. The lowest BCUT2D eigenvalue weighted by molar-refractivity contribution is -0.121. The average Bonchev–Trinajstić information content (AvgIpc) is 2.79. The minimum absolute atomic E-state index is 0.0194. The molecule has 0 aliphatic heterocycles. The first-order valence-electron chi connectivity index (χ1n) is 6.68. The van der Waals surface area contributed by atoms with Gasteiger partial charge in [0.2, 0.25) is 11.9 Å². The van der Waals surface area contributed by atoms with Crippen LogP contribution in [-0.2, 0) is 4.79 Å². The second-order valence-electron chi connectivity index (χ2n) is 4.97. The Balaban J connectivity index is 2.26. The molecule has 104 valence electrons. The second-order valence-corrected chi connectivity index (χ2v) is 4.97. The molecular formula is C12H25N5O. The summed E-state index contributed by atoms with van der Waals surface area (Å²) in [5.74, 6) is 6.01. The number of nitrogens with one attached hydrogen (secondary N) is 3. The maximum absolute atomic E-state index is 11.4. The molecule has 1 saturated carbocycles. The highest BCUT2D eigenvalue weighted by Gasteiger charge is 2.15. The number of rotatable bonds is 5. The summed E-state index contributed by atoms with van der Waals surface area (Å²) in [7, 11) is 0. The van der Waals surface area contributed by atoms with Gasteiger partial charge in [-0.2, -0.15) is 0 Å². The Labute approximate surface area is 109 Å². The molecule has 0 radical (unpaired) electrons. The highest BCUT2D eigenvalue weighted by Crippen LogP contribution is 2.17. The number of hydrogen-bond acceptors (Lipinski definition) is 3. The lowest BCUT2D eigenvalue weighted by Crippen LogP contribution is -2.45. The van der Waals surface area contributed by atoms with Gasteiger partial charge >= 0.3 is 0 Å². The molecule has 1 fully saturated rings. The topological polar surface area (TPSA) is 91.5 Å². The molecule has 0 saturated heterocycles. The van der Waals surface area contributed by atoms with Crippen molar-refractivity contribution in [1.82, 2.24) is 16.1 Å². The van der Waals surface area contributed by atoms with E-state index in [1.807, 2.05) is 13.8 Å². The largest absolute Gasteiger partial charge is 0.354 e. The van der Waals surface area contributed by atoms with Gasteiger partial charge in [0.05, 0.1) is 6.54 Å². The molecule has 0 aromatic heterocycles. The van der Waals surface area contributed by atoms with E-state index < -0.39 is 0 Å². The zero-order chi connectivity index (χ0) is 13.4. The number of carbonyl (C=O) groups is 1. The zero-order valence-corrected chi connectivity index (χ0v) is 11.3. The van der Waals surface area contributed by atoms with E-state index in [-0.39, 0.29) is 11.9 Å². The van der Waals surface area contributed by atoms with E-state index in [9.17, 15) is 4.79 Å². The van der Waals surface area contributed by atoms with Crippen molar-refractivity contribution in [3.8, 4) is 0 Å². The summed E-state index contributed by atoms with van der Waals surface area (Å²) in [4.78, 5) is 15.7. The molecule has 18 heavy (non-hydrogen) atoms. The summed E-state index contributed by atoms with van der Waals surface area (Å²) in [6.07, 6.45) is 5.22. The lowest BCUT2D eigenvalue weighted by Gasteiger charge is -2.15. The van der Waals surface area contributed by atoms with Gasteiger partial charge in [-0.05, 0) is 26.7 Å². The highest BCUT2D eigenvalue weighted by molar-refractivity contribution is 5.80. The SMILES string of the molecule is CC(C)NC(=O)CCN=C(NN)NC1CCCC1.